The van der Waals surface area contributed by atoms with Crippen molar-refractivity contribution in [3.63, 3.8) is 0 Å². The van der Waals surface area contributed by atoms with Gasteiger partial charge in [-0.2, -0.15) is 0 Å². The Morgan fingerprint density at radius 3 is 2.08 bits per heavy atom. The fourth-order valence-corrected chi connectivity index (χ4v) is 10.1. The van der Waals surface area contributed by atoms with Crippen LogP contribution in [0.15, 0.2) is 96.2 Å². The van der Waals surface area contributed by atoms with Crippen molar-refractivity contribution < 1.29 is 76.2 Å². The van der Waals surface area contributed by atoms with E-state index in [2.05, 4.69) is 22.3 Å². The van der Waals surface area contributed by atoms with Crippen molar-refractivity contribution in [3.8, 4) is 11.8 Å². The van der Waals surface area contributed by atoms with Gasteiger partial charge in [-0.25, -0.2) is 14.4 Å². The van der Waals surface area contributed by atoms with Gasteiger partial charge in [0.15, 0.2) is 36.5 Å². The molecular weight excluding hydrogens is 983 g/mol. The number of rotatable bonds is 14. The molecule has 0 unspecified atom stereocenters. The van der Waals surface area contributed by atoms with Crippen molar-refractivity contribution in [1.82, 2.24) is 10.2 Å². The molecule has 410 valence electrons. The van der Waals surface area contributed by atoms with Gasteiger partial charge in [0.25, 0.3) is 5.91 Å². The van der Waals surface area contributed by atoms with Gasteiger partial charge in [-0.3, -0.25) is 14.4 Å². The third-order valence-electron chi connectivity index (χ3n) is 14.3. The van der Waals surface area contributed by atoms with Crippen molar-refractivity contribution >= 4 is 41.8 Å². The third kappa shape index (κ3) is 14.7. The summed E-state index contributed by atoms with van der Waals surface area (Å²) in [5, 5.41) is 7.23. The lowest BCUT2D eigenvalue weighted by Gasteiger charge is -2.47. The molecule has 19 nitrogen and oxygen atoms in total. The SMILES string of the molecule is CC[C@H]1OC(=O)[C@H](C)C(=O)[C@H](C)[C@@H](O[C@@H]2O[C@H](C)C[C@H](N(C)C(=O)OCc3ccccc3)[C@H]2OC(=O)OCc2ccccc2)[C@@](C)(OC)C[C@@H](C)/C(=N\OCC(=O)NCC#Cc2ccccc2)[C@H](C)[C@H]2OC(=O)O[C@@]21C. The first-order valence-electron chi connectivity index (χ1n) is 25.6. The lowest BCUT2D eigenvalue weighted by Crippen LogP contribution is -2.61. The van der Waals surface area contributed by atoms with Gasteiger partial charge in [0, 0.05) is 37.5 Å². The molecule has 3 aromatic carbocycles. The number of carbonyl (C=O) groups excluding carboxylic acids is 6. The Bertz CT molecular complexity index is 2560. The maximum atomic E-state index is 14.8. The molecule has 13 atom stereocenters. The largest absolute Gasteiger partial charge is 0.509 e. The summed E-state index contributed by atoms with van der Waals surface area (Å²) in [4.78, 5) is 89.9. The molecule has 0 spiro atoms. The van der Waals surface area contributed by atoms with Crippen LogP contribution in [0.1, 0.15) is 91.3 Å². The number of Topliss-reactive ketones (excluding diaryl/α,β-unsaturated/α-hetero) is 1. The van der Waals surface area contributed by atoms with Crippen LogP contribution in [0.5, 0.6) is 0 Å². The summed E-state index contributed by atoms with van der Waals surface area (Å²) in [6.07, 6.45) is -9.59. The zero-order chi connectivity index (χ0) is 55.2. The standard InChI is InChI=1S/C57H71N3O16/c1-11-44-57(8)50(75-55(66)76-57)37(4)46(59-70-34-45(61)58-29-21-28-40-22-15-12-16-23-40)35(2)31-56(7,67-10)49(38(5)47(62)39(6)51(63)72-44)74-52-48(73-54(65)69-33-42-26-19-14-20-27-42)43(30-36(3)71-52)60(9)53(64)68-32-41-24-17-13-18-25-41/h12-20,22-27,35-39,43-44,48-50,52H,11,29-34H2,1-10H3,(H,58,61)/b59-46+/t35-,36-,37+,38+,39-,43+,44-,48-,49-,50-,52+,56+,57-/m1/s1. The van der Waals surface area contributed by atoms with Gasteiger partial charge in [-0.05, 0) is 70.2 Å². The van der Waals surface area contributed by atoms with Gasteiger partial charge in [0.05, 0.1) is 36.1 Å². The van der Waals surface area contributed by atoms with Crippen LogP contribution in [0, 0.1) is 35.5 Å². The second kappa shape index (κ2) is 26.7. The minimum absolute atomic E-state index is 0.00984. The molecule has 0 aromatic heterocycles. The number of amides is 2. The Morgan fingerprint density at radius 2 is 1.46 bits per heavy atom. The molecule has 3 saturated heterocycles. The smallest absolute Gasteiger partial charge is 0.457 e. The number of hydrogen-bond acceptors (Lipinski definition) is 17. The lowest BCUT2D eigenvalue weighted by molar-refractivity contribution is -0.295. The van der Waals surface area contributed by atoms with Gasteiger partial charge in [0.1, 0.15) is 25.2 Å². The number of fused-ring (bicyclic) bond motifs is 1. The number of nitrogens with one attached hydrogen (secondary N) is 1. The molecule has 6 rings (SSSR count). The average molecular weight is 1050 g/mol. The first-order valence-corrected chi connectivity index (χ1v) is 25.6. The number of benzene rings is 3. The predicted octanol–water partition coefficient (Wildman–Crippen LogP) is 7.94. The summed E-state index contributed by atoms with van der Waals surface area (Å²) in [6, 6.07) is 26.4. The Morgan fingerprint density at radius 1 is 0.842 bits per heavy atom. The molecule has 0 bridgehead atoms. The highest BCUT2D eigenvalue weighted by atomic mass is 16.8. The number of methoxy groups -OCH3 is 1. The summed E-state index contributed by atoms with van der Waals surface area (Å²) >= 11 is 0. The van der Waals surface area contributed by atoms with E-state index in [0.717, 1.165) is 11.1 Å². The average Bonchev–Trinajstić information content (AvgIpc) is 3.74. The maximum absolute atomic E-state index is 14.8. The Balaban J connectivity index is 1.36. The summed E-state index contributed by atoms with van der Waals surface area (Å²) in [7, 11) is 2.94. The normalized spacial score (nSPS) is 30.4. The van der Waals surface area contributed by atoms with Crippen molar-refractivity contribution in [2.45, 2.75) is 142 Å². The van der Waals surface area contributed by atoms with E-state index < -0.39 is 120 Å². The van der Waals surface area contributed by atoms with Gasteiger partial charge in [-0.1, -0.05) is 124 Å². The molecule has 0 aliphatic carbocycles. The molecule has 3 aromatic rings. The quantitative estimate of drug-likeness (QED) is 0.0532. The van der Waals surface area contributed by atoms with E-state index in [1.807, 2.05) is 73.7 Å². The van der Waals surface area contributed by atoms with E-state index in [1.165, 1.54) is 26.0 Å². The van der Waals surface area contributed by atoms with E-state index in [1.54, 1.807) is 65.8 Å². The number of cyclic esters (lactones) is 1. The number of hydrogen-bond donors (Lipinski definition) is 1. The topological polar surface area (TPSA) is 222 Å². The number of ketones is 1. The molecule has 19 heteroatoms. The number of carbonyl (C=O) groups is 6. The molecule has 2 amide bonds. The minimum Gasteiger partial charge on any atom is -0.457 e. The van der Waals surface area contributed by atoms with E-state index in [9.17, 15) is 28.8 Å². The van der Waals surface area contributed by atoms with Crippen LogP contribution in [0.2, 0.25) is 0 Å². The molecule has 3 fully saturated rings. The van der Waals surface area contributed by atoms with Crippen LogP contribution in [0.3, 0.4) is 0 Å². The van der Waals surface area contributed by atoms with Gasteiger partial charge < -0.3 is 57.7 Å². The highest BCUT2D eigenvalue weighted by molar-refractivity contribution is 6.00. The fourth-order valence-electron chi connectivity index (χ4n) is 10.1. The zero-order valence-electron chi connectivity index (χ0n) is 44.9. The second-order valence-electron chi connectivity index (χ2n) is 19.9. The van der Waals surface area contributed by atoms with Crippen LogP contribution < -0.4 is 5.32 Å². The van der Waals surface area contributed by atoms with Gasteiger partial charge in [-0.15, -0.1) is 0 Å². The summed E-state index contributed by atoms with van der Waals surface area (Å²) in [5.74, 6) is -0.206. The predicted molar refractivity (Wildman–Crippen MR) is 275 cm³/mol. The molecule has 0 radical (unpaired) electrons. The number of oxime groups is 1. The molecule has 1 N–H and O–H groups in total. The molecule has 3 heterocycles. The Hall–Kier alpha value is -7.01. The minimum atomic E-state index is -1.57. The van der Waals surface area contributed by atoms with Crippen molar-refractivity contribution in [1.29, 1.82) is 0 Å². The zero-order valence-corrected chi connectivity index (χ0v) is 44.9. The molecule has 3 aliphatic rings. The Kier molecular flexibility index (Phi) is 20.4. The monoisotopic (exact) mass is 1050 g/mol. The van der Waals surface area contributed by atoms with Crippen LogP contribution >= 0.6 is 0 Å². The van der Waals surface area contributed by atoms with Crippen molar-refractivity contribution in [2.24, 2.45) is 28.8 Å². The molecule has 76 heavy (non-hydrogen) atoms. The number of nitrogens with zero attached hydrogens (tertiary/aromatic N) is 2. The van der Waals surface area contributed by atoms with E-state index in [4.69, 9.17) is 47.5 Å². The van der Waals surface area contributed by atoms with Crippen LogP contribution in [-0.4, -0.2) is 128 Å². The molecular formula is C57H71N3O16. The Labute approximate surface area is 444 Å². The van der Waals surface area contributed by atoms with Crippen LogP contribution in [0.4, 0.5) is 14.4 Å². The van der Waals surface area contributed by atoms with Gasteiger partial charge >= 0.3 is 24.4 Å². The number of ether oxygens (including phenoxy) is 9. The fraction of sp³-hybridized carbons (Fsp3) is 0.526. The van der Waals surface area contributed by atoms with Crippen molar-refractivity contribution in [3.05, 3.63) is 108 Å². The lowest BCUT2D eigenvalue weighted by atomic mass is 9.74. The first kappa shape index (κ1) is 58.3. The summed E-state index contributed by atoms with van der Waals surface area (Å²) < 4.78 is 55.0. The number of esters is 1. The van der Waals surface area contributed by atoms with E-state index >= 15 is 0 Å². The molecule has 3 aliphatic heterocycles. The summed E-state index contributed by atoms with van der Waals surface area (Å²) in [5.41, 5.74) is -0.570. The summed E-state index contributed by atoms with van der Waals surface area (Å²) in [6.45, 7) is 12.7. The second-order valence-corrected chi connectivity index (χ2v) is 19.9. The highest BCUT2D eigenvalue weighted by Gasteiger charge is 2.59. The maximum Gasteiger partial charge on any atom is 0.509 e. The van der Waals surface area contributed by atoms with Gasteiger partial charge in [0.2, 0.25) is 0 Å². The number of likely N-dealkylation sites (N-methyl/N-ethyl adjacent to an activating group) is 1. The molecule has 0 saturated carbocycles. The van der Waals surface area contributed by atoms with Crippen molar-refractivity contribution in [2.75, 3.05) is 27.3 Å². The highest BCUT2D eigenvalue weighted by Crippen LogP contribution is 2.42. The van der Waals surface area contributed by atoms with E-state index in [0.29, 0.717) is 11.3 Å². The van der Waals surface area contributed by atoms with Crippen LogP contribution in [0.25, 0.3) is 0 Å². The van der Waals surface area contributed by atoms with Crippen LogP contribution in [-0.2, 0) is 75.1 Å². The van der Waals surface area contributed by atoms with E-state index in [-0.39, 0.29) is 39.0 Å². The first-order chi connectivity index (χ1) is 36.3. The third-order valence-corrected chi connectivity index (χ3v) is 14.3.